The lowest BCUT2D eigenvalue weighted by Crippen LogP contribution is -2.07. The fourth-order valence-corrected chi connectivity index (χ4v) is 1.28. The number of hydrogen-bond acceptors (Lipinski definition) is 4. The molecular weight excluding hydrogens is 190 g/mol. The summed E-state index contributed by atoms with van der Waals surface area (Å²) in [5.74, 6) is 0.776. The molecule has 4 nitrogen and oxygen atoms in total. The fourth-order valence-electron chi connectivity index (χ4n) is 1.28. The quantitative estimate of drug-likeness (QED) is 0.577. The molecule has 0 fully saturated rings. The molecule has 84 valence electrons. The van der Waals surface area contributed by atoms with E-state index in [1.807, 2.05) is 6.92 Å². The molecule has 4 heteroatoms. The Morgan fingerprint density at radius 3 is 2.80 bits per heavy atom. The summed E-state index contributed by atoms with van der Waals surface area (Å²) < 4.78 is 0. The van der Waals surface area contributed by atoms with Gasteiger partial charge in [-0.05, 0) is 19.8 Å². The highest BCUT2D eigenvalue weighted by Gasteiger charge is 2.04. The molecule has 0 radical (unpaired) electrons. The summed E-state index contributed by atoms with van der Waals surface area (Å²) in [4.78, 5) is 13.6. The number of aryl methyl sites for hydroxylation is 1. The molecule has 1 heterocycles. The smallest absolute Gasteiger partial charge is 0.156 e. The normalized spacial score (nSPS) is 10.3. The number of rotatable bonds is 6. The van der Waals surface area contributed by atoms with Crippen LogP contribution in [-0.4, -0.2) is 16.6 Å². The third kappa shape index (κ3) is 3.47. The van der Waals surface area contributed by atoms with Crippen molar-refractivity contribution in [2.45, 2.75) is 40.0 Å². The van der Waals surface area contributed by atoms with Gasteiger partial charge in [0.15, 0.2) is 5.82 Å². The zero-order valence-corrected chi connectivity index (χ0v) is 9.71. The van der Waals surface area contributed by atoms with Crippen LogP contribution in [0, 0.1) is 6.92 Å². The van der Waals surface area contributed by atoms with Crippen LogP contribution in [0.5, 0.6) is 0 Å². The van der Waals surface area contributed by atoms with Crippen molar-refractivity contribution in [3.05, 3.63) is 17.6 Å². The standard InChI is InChI=1S/C11H19N3O/c1-4-6-7-15-14-11-9(3)10(5-2)12-8-13-11/h8H,4-7H2,1-3H3,(H,12,13,14). The number of anilines is 1. The lowest BCUT2D eigenvalue weighted by Gasteiger charge is -2.09. The van der Waals surface area contributed by atoms with Gasteiger partial charge in [0.25, 0.3) is 0 Å². The van der Waals surface area contributed by atoms with Crippen LogP contribution in [0.15, 0.2) is 6.33 Å². The van der Waals surface area contributed by atoms with Crippen LogP contribution in [0.2, 0.25) is 0 Å². The first-order chi connectivity index (χ1) is 7.29. The molecule has 1 N–H and O–H groups in total. The second-order valence-corrected chi connectivity index (χ2v) is 3.45. The van der Waals surface area contributed by atoms with Crippen LogP contribution in [0.4, 0.5) is 5.82 Å². The fraction of sp³-hybridized carbons (Fsp3) is 0.636. The maximum atomic E-state index is 5.30. The number of unbranched alkanes of at least 4 members (excludes halogenated alkanes) is 1. The Kier molecular flexibility index (Phi) is 5.04. The van der Waals surface area contributed by atoms with E-state index in [0.717, 1.165) is 36.3 Å². The molecule has 0 aliphatic rings. The van der Waals surface area contributed by atoms with Crippen molar-refractivity contribution in [3.8, 4) is 0 Å². The van der Waals surface area contributed by atoms with Gasteiger partial charge in [0, 0.05) is 11.3 Å². The van der Waals surface area contributed by atoms with Gasteiger partial charge in [-0.1, -0.05) is 20.3 Å². The minimum atomic E-state index is 0.710. The highest BCUT2D eigenvalue weighted by Crippen LogP contribution is 2.13. The zero-order valence-electron chi connectivity index (χ0n) is 9.71. The molecule has 0 aliphatic heterocycles. The molecule has 0 saturated carbocycles. The van der Waals surface area contributed by atoms with Crippen molar-refractivity contribution < 1.29 is 4.84 Å². The van der Waals surface area contributed by atoms with Crippen LogP contribution in [0.3, 0.4) is 0 Å². The van der Waals surface area contributed by atoms with Crippen molar-refractivity contribution in [3.63, 3.8) is 0 Å². The molecule has 0 amide bonds. The minimum Gasteiger partial charge on any atom is -0.275 e. The number of hydrogen-bond donors (Lipinski definition) is 1. The lowest BCUT2D eigenvalue weighted by atomic mass is 10.2. The van der Waals surface area contributed by atoms with Gasteiger partial charge in [-0.25, -0.2) is 15.4 Å². The van der Waals surface area contributed by atoms with Gasteiger partial charge >= 0.3 is 0 Å². The minimum absolute atomic E-state index is 0.710. The molecule has 1 aromatic rings. The van der Waals surface area contributed by atoms with Gasteiger partial charge in [-0.2, -0.15) is 0 Å². The first-order valence-corrected chi connectivity index (χ1v) is 5.47. The summed E-state index contributed by atoms with van der Waals surface area (Å²) in [5.41, 5.74) is 5.00. The average molecular weight is 209 g/mol. The number of nitrogens with one attached hydrogen (secondary N) is 1. The van der Waals surface area contributed by atoms with Crippen LogP contribution in [0.1, 0.15) is 37.9 Å². The van der Waals surface area contributed by atoms with Crippen molar-refractivity contribution in [1.29, 1.82) is 0 Å². The van der Waals surface area contributed by atoms with Gasteiger partial charge in [0.2, 0.25) is 0 Å². The SMILES string of the molecule is CCCCONc1ncnc(CC)c1C. The Morgan fingerprint density at radius 1 is 1.33 bits per heavy atom. The van der Waals surface area contributed by atoms with Crippen LogP contribution in [0.25, 0.3) is 0 Å². The molecule has 0 atom stereocenters. The van der Waals surface area contributed by atoms with Crippen LogP contribution >= 0.6 is 0 Å². The Labute approximate surface area is 91.0 Å². The first-order valence-electron chi connectivity index (χ1n) is 5.47. The van der Waals surface area contributed by atoms with E-state index in [1.54, 1.807) is 6.33 Å². The monoisotopic (exact) mass is 209 g/mol. The predicted molar refractivity (Wildman–Crippen MR) is 60.6 cm³/mol. The van der Waals surface area contributed by atoms with E-state index in [0.29, 0.717) is 6.61 Å². The largest absolute Gasteiger partial charge is 0.275 e. The van der Waals surface area contributed by atoms with Crippen LogP contribution < -0.4 is 5.48 Å². The van der Waals surface area contributed by atoms with Gasteiger partial charge in [0.05, 0.1) is 6.61 Å². The van der Waals surface area contributed by atoms with Gasteiger partial charge in [-0.3, -0.25) is 4.84 Å². The summed E-state index contributed by atoms with van der Waals surface area (Å²) in [6, 6.07) is 0. The maximum absolute atomic E-state index is 5.30. The highest BCUT2D eigenvalue weighted by atomic mass is 16.6. The Bertz CT molecular complexity index is 302. The van der Waals surface area contributed by atoms with E-state index in [2.05, 4.69) is 29.3 Å². The third-order valence-electron chi connectivity index (χ3n) is 2.29. The Hall–Kier alpha value is -1.16. The maximum Gasteiger partial charge on any atom is 0.156 e. The molecule has 0 bridgehead atoms. The first kappa shape index (κ1) is 11.9. The Balaban J connectivity index is 2.53. The number of aromatic nitrogens is 2. The van der Waals surface area contributed by atoms with Crippen molar-refractivity contribution >= 4 is 5.82 Å². The van der Waals surface area contributed by atoms with Gasteiger partial charge in [-0.15, -0.1) is 0 Å². The van der Waals surface area contributed by atoms with E-state index in [-0.39, 0.29) is 0 Å². The molecule has 0 aromatic carbocycles. The molecule has 15 heavy (non-hydrogen) atoms. The van der Waals surface area contributed by atoms with Crippen molar-refractivity contribution in [1.82, 2.24) is 9.97 Å². The number of nitrogens with zero attached hydrogens (tertiary/aromatic N) is 2. The molecular formula is C11H19N3O. The van der Waals surface area contributed by atoms with E-state index in [1.165, 1.54) is 0 Å². The molecule has 1 aromatic heterocycles. The van der Waals surface area contributed by atoms with Gasteiger partial charge < -0.3 is 0 Å². The summed E-state index contributed by atoms with van der Waals surface area (Å²) >= 11 is 0. The molecule has 1 rings (SSSR count). The second-order valence-electron chi connectivity index (χ2n) is 3.45. The third-order valence-corrected chi connectivity index (χ3v) is 2.29. The molecule has 0 unspecified atom stereocenters. The summed E-state index contributed by atoms with van der Waals surface area (Å²) in [7, 11) is 0. The highest BCUT2D eigenvalue weighted by molar-refractivity contribution is 5.42. The summed E-state index contributed by atoms with van der Waals surface area (Å²) in [5, 5.41) is 0. The Morgan fingerprint density at radius 2 is 2.13 bits per heavy atom. The van der Waals surface area contributed by atoms with E-state index >= 15 is 0 Å². The van der Waals surface area contributed by atoms with Crippen molar-refractivity contribution in [2.24, 2.45) is 0 Å². The lowest BCUT2D eigenvalue weighted by molar-refractivity contribution is 0.188. The van der Waals surface area contributed by atoms with E-state index in [9.17, 15) is 0 Å². The molecule has 0 saturated heterocycles. The average Bonchev–Trinajstić information content (AvgIpc) is 2.26. The van der Waals surface area contributed by atoms with Crippen molar-refractivity contribution in [2.75, 3.05) is 12.1 Å². The second kappa shape index (κ2) is 6.35. The molecule has 0 aliphatic carbocycles. The predicted octanol–water partition coefficient (Wildman–Crippen LogP) is 2.49. The molecule has 0 spiro atoms. The zero-order chi connectivity index (χ0) is 11.1. The topological polar surface area (TPSA) is 47.0 Å². The van der Waals surface area contributed by atoms with E-state index in [4.69, 9.17) is 4.84 Å². The summed E-state index contributed by atoms with van der Waals surface area (Å²) in [6.07, 6.45) is 4.66. The van der Waals surface area contributed by atoms with Crippen LogP contribution in [-0.2, 0) is 11.3 Å². The van der Waals surface area contributed by atoms with Gasteiger partial charge in [0.1, 0.15) is 6.33 Å². The summed E-state index contributed by atoms with van der Waals surface area (Å²) in [6.45, 7) is 6.93. The van der Waals surface area contributed by atoms with E-state index < -0.39 is 0 Å².